The summed E-state index contributed by atoms with van der Waals surface area (Å²) in [6.07, 6.45) is 2.36. The molecule has 2 rings (SSSR count). The second kappa shape index (κ2) is 7.67. The van der Waals surface area contributed by atoms with Crippen molar-refractivity contribution in [2.45, 2.75) is 13.0 Å². The lowest BCUT2D eigenvalue weighted by atomic mass is 10.1. The van der Waals surface area contributed by atoms with Gasteiger partial charge >= 0.3 is 5.82 Å². The van der Waals surface area contributed by atoms with Crippen LogP contribution in [0.2, 0.25) is 0 Å². The van der Waals surface area contributed by atoms with Crippen molar-refractivity contribution >= 4 is 5.82 Å². The van der Waals surface area contributed by atoms with Gasteiger partial charge in [-0.1, -0.05) is 30.3 Å². The average Bonchev–Trinajstić information content (AvgIpc) is 2.87. The van der Waals surface area contributed by atoms with E-state index in [4.69, 9.17) is 5.73 Å². The maximum atomic E-state index is 11.0. The highest BCUT2D eigenvalue weighted by Crippen LogP contribution is 2.17. The maximum Gasteiger partial charge on any atom is 0.386 e. The van der Waals surface area contributed by atoms with E-state index in [9.17, 15) is 10.1 Å². The topological polar surface area (TPSA) is 90.2 Å². The predicted octanol–water partition coefficient (Wildman–Crippen LogP) is 1.33. The van der Waals surface area contributed by atoms with Gasteiger partial charge in [0.1, 0.15) is 5.69 Å². The van der Waals surface area contributed by atoms with E-state index in [2.05, 4.69) is 22.0 Å². The molecule has 0 saturated heterocycles. The van der Waals surface area contributed by atoms with E-state index in [1.165, 1.54) is 11.9 Å². The van der Waals surface area contributed by atoms with E-state index in [0.29, 0.717) is 25.3 Å². The number of nitrogens with zero attached hydrogens (tertiary/aromatic N) is 4. The van der Waals surface area contributed by atoms with Gasteiger partial charge in [-0.3, -0.25) is 4.90 Å². The van der Waals surface area contributed by atoms with Crippen molar-refractivity contribution in [1.82, 2.24) is 14.5 Å². The third-order valence-electron chi connectivity index (χ3n) is 3.59. The van der Waals surface area contributed by atoms with Crippen LogP contribution in [0, 0.1) is 10.1 Å². The van der Waals surface area contributed by atoms with Crippen LogP contribution < -0.4 is 5.73 Å². The van der Waals surface area contributed by atoms with Crippen molar-refractivity contribution in [1.29, 1.82) is 0 Å². The van der Waals surface area contributed by atoms with E-state index in [1.807, 2.05) is 18.2 Å². The van der Waals surface area contributed by atoms with Gasteiger partial charge in [0.05, 0.1) is 0 Å². The molecule has 0 unspecified atom stereocenters. The molecule has 1 heterocycles. The van der Waals surface area contributed by atoms with Crippen molar-refractivity contribution in [3.63, 3.8) is 0 Å². The van der Waals surface area contributed by atoms with Crippen LogP contribution in [0.25, 0.3) is 0 Å². The Kier molecular flexibility index (Phi) is 5.62. The van der Waals surface area contributed by atoms with Crippen LogP contribution in [-0.4, -0.2) is 39.0 Å². The quantitative estimate of drug-likeness (QED) is 0.587. The molecular weight excluding hydrogens is 282 g/mol. The Morgan fingerprint density at radius 1 is 1.32 bits per heavy atom. The first-order valence-corrected chi connectivity index (χ1v) is 7.22. The van der Waals surface area contributed by atoms with Crippen LogP contribution in [0.5, 0.6) is 0 Å². The summed E-state index contributed by atoms with van der Waals surface area (Å²) in [6, 6.07) is 10.2. The molecule has 0 atom stereocenters. The van der Waals surface area contributed by atoms with Gasteiger partial charge in [0, 0.05) is 33.2 Å². The Bertz CT molecular complexity index is 612. The first-order chi connectivity index (χ1) is 10.6. The minimum Gasteiger partial charge on any atom is -0.358 e. The summed E-state index contributed by atoms with van der Waals surface area (Å²) in [7, 11) is 1.77. The van der Waals surface area contributed by atoms with Gasteiger partial charge < -0.3 is 20.4 Å². The molecular formula is C15H21N5O2. The molecule has 0 amide bonds. The molecule has 7 nitrogen and oxygen atoms in total. The number of nitro groups is 1. The molecule has 0 radical (unpaired) electrons. The van der Waals surface area contributed by atoms with Gasteiger partial charge in [0.25, 0.3) is 0 Å². The van der Waals surface area contributed by atoms with Crippen LogP contribution in [0.4, 0.5) is 5.82 Å². The highest BCUT2D eigenvalue weighted by Gasteiger charge is 2.21. The largest absolute Gasteiger partial charge is 0.386 e. The lowest BCUT2D eigenvalue weighted by Gasteiger charge is -2.21. The van der Waals surface area contributed by atoms with Crippen molar-refractivity contribution in [2.24, 2.45) is 12.8 Å². The third kappa shape index (κ3) is 4.12. The van der Waals surface area contributed by atoms with Gasteiger partial charge in [-0.15, -0.1) is 0 Å². The van der Waals surface area contributed by atoms with E-state index in [-0.39, 0.29) is 5.82 Å². The minimum atomic E-state index is -0.437. The Labute approximate surface area is 129 Å². The fourth-order valence-corrected chi connectivity index (χ4v) is 2.37. The smallest absolute Gasteiger partial charge is 0.358 e. The highest BCUT2D eigenvalue weighted by molar-refractivity contribution is 5.26. The molecule has 0 spiro atoms. The second-order valence-corrected chi connectivity index (χ2v) is 5.18. The Morgan fingerprint density at radius 3 is 2.68 bits per heavy atom. The van der Waals surface area contributed by atoms with Gasteiger partial charge in [-0.2, -0.15) is 0 Å². The molecule has 7 heteroatoms. The second-order valence-electron chi connectivity index (χ2n) is 5.18. The fraction of sp³-hybridized carbons (Fsp3) is 0.400. The molecule has 0 fully saturated rings. The van der Waals surface area contributed by atoms with E-state index in [1.54, 1.807) is 11.6 Å². The van der Waals surface area contributed by atoms with Crippen molar-refractivity contribution in [2.75, 3.05) is 19.6 Å². The summed E-state index contributed by atoms with van der Waals surface area (Å²) in [5.41, 5.74) is 7.51. The first-order valence-electron chi connectivity index (χ1n) is 7.22. The van der Waals surface area contributed by atoms with Gasteiger partial charge in [-0.05, 0) is 21.9 Å². The van der Waals surface area contributed by atoms with Crippen molar-refractivity contribution < 1.29 is 4.92 Å². The molecule has 2 N–H and O–H groups in total. The summed E-state index contributed by atoms with van der Waals surface area (Å²) in [5.74, 6) is -0.0794. The van der Waals surface area contributed by atoms with E-state index in [0.717, 1.165) is 13.0 Å². The highest BCUT2D eigenvalue weighted by atomic mass is 16.6. The number of rotatable bonds is 8. The van der Waals surface area contributed by atoms with Crippen LogP contribution in [0.3, 0.4) is 0 Å². The lowest BCUT2D eigenvalue weighted by Crippen LogP contribution is -2.32. The zero-order chi connectivity index (χ0) is 15.9. The SMILES string of the molecule is Cn1cnc([N+](=O)[O-])c1CN(CCN)CCc1ccccc1. The Balaban J connectivity index is 2.05. The number of hydrogen-bond acceptors (Lipinski definition) is 5. The zero-order valence-electron chi connectivity index (χ0n) is 12.7. The molecule has 0 aliphatic carbocycles. The number of nitrogens with two attached hydrogens (primary N) is 1. The fourth-order valence-electron chi connectivity index (χ4n) is 2.37. The minimum absolute atomic E-state index is 0.0794. The lowest BCUT2D eigenvalue weighted by molar-refractivity contribution is -0.390. The average molecular weight is 303 g/mol. The van der Waals surface area contributed by atoms with Crippen LogP contribution in [0.1, 0.15) is 11.3 Å². The predicted molar refractivity (Wildman–Crippen MR) is 84.3 cm³/mol. The molecule has 0 aliphatic rings. The number of benzene rings is 1. The van der Waals surface area contributed by atoms with Crippen LogP contribution >= 0.6 is 0 Å². The van der Waals surface area contributed by atoms with E-state index >= 15 is 0 Å². The summed E-state index contributed by atoms with van der Waals surface area (Å²) >= 11 is 0. The molecule has 0 aliphatic heterocycles. The normalized spacial score (nSPS) is 11.0. The van der Waals surface area contributed by atoms with E-state index < -0.39 is 4.92 Å². The molecule has 0 bridgehead atoms. The first kappa shape index (κ1) is 16.1. The maximum absolute atomic E-state index is 11.0. The molecule has 1 aromatic carbocycles. The summed E-state index contributed by atoms with van der Waals surface area (Å²) in [5, 5.41) is 11.0. The number of imidazole rings is 1. The number of aryl methyl sites for hydroxylation is 1. The number of hydrogen-bond donors (Lipinski definition) is 1. The molecule has 118 valence electrons. The molecule has 22 heavy (non-hydrogen) atoms. The summed E-state index contributed by atoms with van der Waals surface area (Å²) in [6.45, 7) is 2.47. The summed E-state index contributed by atoms with van der Waals surface area (Å²) < 4.78 is 1.70. The Morgan fingerprint density at radius 2 is 2.05 bits per heavy atom. The van der Waals surface area contributed by atoms with Gasteiger partial charge in [-0.25, -0.2) is 0 Å². The molecule has 0 saturated carbocycles. The monoisotopic (exact) mass is 303 g/mol. The third-order valence-corrected chi connectivity index (χ3v) is 3.59. The molecule has 1 aromatic heterocycles. The zero-order valence-corrected chi connectivity index (χ0v) is 12.7. The van der Waals surface area contributed by atoms with Crippen molar-refractivity contribution in [3.8, 4) is 0 Å². The number of aromatic nitrogens is 2. The standard InChI is InChI=1S/C15H21N5O2/c1-18-12-17-15(20(21)22)14(18)11-19(10-8-16)9-7-13-5-3-2-4-6-13/h2-6,12H,7-11,16H2,1H3. The van der Waals surface area contributed by atoms with Gasteiger partial charge in [0.15, 0.2) is 0 Å². The van der Waals surface area contributed by atoms with Gasteiger partial charge in [0.2, 0.25) is 6.33 Å². The Hall–Kier alpha value is -2.25. The van der Waals surface area contributed by atoms with Crippen molar-refractivity contribution in [3.05, 3.63) is 58.0 Å². The molecule has 2 aromatic rings. The van der Waals surface area contributed by atoms with Crippen LogP contribution in [0.15, 0.2) is 36.7 Å². The van der Waals surface area contributed by atoms with Crippen LogP contribution in [-0.2, 0) is 20.0 Å². The summed E-state index contributed by atoms with van der Waals surface area (Å²) in [4.78, 5) is 16.6.